The third-order valence-corrected chi connectivity index (χ3v) is 3.17. The molecule has 0 atom stereocenters. The second kappa shape index (κ2) is 7.17. The molecule has 2 aromatic rings. The number of nitrogens with one attached hydrogen (secondary N) is 1. The number of halogens is 2. The van der Waals surface area contributed by atoms with Crippen LogP contribution in [0.1, 0.15) is 22.4 Å². The highest BCUT2D eigenvalue weighted by Gasteiger charge is 2.11. The highest BCUT2D eigenvalue weighted by atomic mass is 19.3. The predicted molar refractivity (Wildman–Crippen MR) is 80.0 cm³/mol. The van der Waals surface area contributed by atoms with Crippen molar-refractivity contribution in [3.63, 3.8) is 0 Å². The molecule has 1 heterocycles. The van der Waals surface area contributed by atoms with Gasteiger partial charge in [0.2, 0.25) is 0 Å². The van der Waals surface area contributed by atoms with Gasteiger partial charge in [-0.15, -0.1) is 0 Å². The number of aromatic nitrogens is 1. The van der Waals surface area contributed by atoms with Crippen LogP contribution in [0.3, 0.4) is 0 Å². The average molecular weight is 308 g/mol. The van der Waals surface area contributed by atoms with Crippen molar-refractivity contribution in [2.45, 2.75) is 33.6 Å². The molecule has 2 rings (SSSR count). The van der Waals surface area contributed by atoms with Crippen LogP contribution in [-0.4, -0.2) is 16.7 Å². The summed E-state index contributed by atoms with van der Waals surface area (Å²) in [5.74, 6) is 0.869. The molecule has 22 heavy (non-hydrogen) atoms. The lowest BCUT2D eigenvalue weighted by atomic mass is 10.1. The van der Waals surface area contributed by atoms with E-state index in [1.54, 1.807) is 44.2 Å². The van der Waals surface area contributed by atoms with Crippen molar-refractivity contribution in [1.82, 2.24) is 4.98 Å². The summed E-state index contributed by atoms with van der Waals surface area (Å²) < 4.78 is 29.2. The van der Waals surface area contributed by atoms with E-state index >= 15 is 0 Å². The van der Waals surface area contributed by atoms with Gasteiger partial charge in [-0.2, -0.15) is 8.78 Å². The largest absolute Gasteiger partial charge is 0.434 e. The van der Waals surface area contributed by atoms with Crippen LogP contribution in [0.25, 0.3) is 0 Å². The summed E-state index contributed by atoms with van der Waals surface area (Å²) in [6, 6.07) is 8.93. The zero-order chi connectivity index (χ0) is 16.1. The van der Waals surface area contributed by atoms with Gasteiger partial charge < -0.3 is 15.2 Å². The van der Waals surface area contributed by atoms with Crippen molar-refractivity contribution < 1.29 is 18.6 Å². The minimum Gasteiger partial charge on any atom is -0.434 e. The second-order valence-corrected chi connectivity index (χ2v) is 4.96. The number of hydrogen-bond donors (Lipinski definition) is 2. The smallest absolute Gasteiger partial charge is 0.387 e. The number of aliphatic hydroxyl groups excluding tert-OH is 1. The molecule has 0 aliphatic rings. The van der Waals surface area contributed by atoms with E-state index in [1.165, 1.54) is 0 Å². The summed E-state index contributed by atoms with van der Waals surface area (Å²) in [5.41, 5.74) is 2.84. The molecular weight excluding hydrogens is 290 g/mol. The molecule has 0 spiro atoms. The molecule has 4 nitrogen and oxygen atoms in total. The molecule has 0 radical (unpaired) electrons. The minimum atomic E-state index is -2.83. The zero-order valence-electron chi connectivity index (χ0n) is 12.4. The average Bonchev–Trinajstić information content (AvgIpc) is 2.49. The van der Waals surface area contributed by atoms with Crippen molar-refractivity contribution in [3.05, 3.63) is 52.7 Å². The van der Waals surface area contributed by atoms with Crippen LogP contribution in [0.2, 0.25) is 0 Å². The number of hydrogen-bond acceptors (Lipinski definition) is 4. The summed E-state index contributed by atoms with van der Waals surface area (Å²) in [6.45, 7) is 1.02. The molecular formula is C16H18F2N2O2. The molecule has 0 bridgehead atoms. The van der Waals surface area contributed by atoms with Crippen molar-refractivity contribution in [2.24, 2.45) is 0 Å². The Morgan fingerprint density at radius 3 is 2.50 bits per heavy atom. The third kappa shape index (κ3) is 4.14. The van der Waals surface area contributed by atoms with Gasteiger partial charge in [-0.05, 0) is 42.7 Å². The lowest BCUT2D eigenvalue weighted by Crippen LogP contribution is -2.07. The van der Waals surface area contributed by atoms with Gasteiger partial charge in [0.05, 0.1) is 12.3 Å². The summed E-state index contributed by atoms with van der Waals surface area (Å²) >= 11 is 0. The highest BCUT2D eigenvalue weighted by Crippen LogP contribution is 2.26. The fourth-order valence-electron chi connectivity index (χ4n) is 2.28. The summed E-state index contributed by atoms with van der Waals surface area (Å²) in [5, 5.41) is 12.2. The highest BCUT2D eigenvalue weighted by molar-refractivity contribution is 5.45. The first-order valence-corrected chi connectivity index (χ1v) is 6.85. The van der Waals surface area contributed by atoms with Crippen LogP contribution in [0.4, 0.5) is 14.6 Å². The van der Waals surface area contributed by atoms with E-state index in [0.29, 0.717) is 29.2 Å². The van der Waals surface area contributed by atoms with Crippen molar-refractivity contribution in [3.8, 4) is 5.75 Å². The van der Waals surface area contributed by atoms with E-state index in [-0.39, 0.29) is 12.4 Å². The number of anilines is 1. The first-order valence-electron chi connectivity index (χ1n) is 6.85. The minimum absolute atomic E-state index is 0.118. The maximum Gasteiger partial charge on any atom is 0.387 e. The summed E-state index contributed by atoms with van der Waals surface area (Å²) in [6.07, 6.45) is 0. The van der Waals surface area contributed by atoms with Gasteiger partial charge >= 0.3 is 6.61 Å². The normalized spacial score (nSPS) is 10.8. The molecule has 1 aromatic carbocycles. The quantitative estimate of drug-likeness (QED) is 0.859. The van der Waals surface area contributed by atoms with Crippen LogP contribution in [-0.2, 0) is 13.2 Å². The number of rotatable bonds is 6. The van der Waals surface area contributed by atoms with Crippen LogP contribution in [0.5, 0.6) is 5.75 Å². The Hall–Kier alpha value is -2.21. The van der Waals surface area contributed by atoms with E-state index < -0.39 is 6.61 Å². The third-order valence-electron chi connectivity index (χ3n) is 3.17. The van der Waals surface area contributed by atoms with E-state index in [1.807, 2.05) is 0 Å². The lowest BCUT2D eigenvalue weighted by Gasteiger charge is -2.14. The topological polar surface area (TPSA) is 54.4 Å². The van der Waals surface area contributed by atoms with E-state index in [4.69, 9.17) is 5.11 Å². The maximum atomic E-state index is 12.4. The molecule has 2 N–H and O–H groups in total. The zero-order valence-corrected chi connectivity index (χ0v) is 12.4. The van der Waals surface area contributed by atoms with E-state index in [2.05, 4.69) is 15.0 Å². The van der Waals surface area contributed by atoms with Gasteiger partial charge in [-0.25, -0.2) is 4.98 Å². The molecule has 6 heteroatoms. The van der Waals surface area contributed by atoms with E-state index in [0.717, 1.165) is 5.56 Å². The maximum absolute atomic E-state index is 12.4. The number of alkyl halides is 2. The fourth-order valence-corrected chi connectivity index (χ4v) is 2.28. The number of nitrogens with zero attached hydrogens (tertiary/aromatic N) is 1. The Labute approximate surface area is 127 Å². The molecule has 0 amide bonds. The Morgan fingerprint density at radius 2 is 1.91 bits per heavy atom. The number of aryl methyl sites for hydroxylation is 2. The molecule has 0 saturated carbocycles. The van der Waals surface area contributed by atoms with Crippen molar-refractivity contribution >= 4 is 5.82 Å². The number of aliphatic hydroxyl groups is 1. The van der Waals surface area contributed by atoms with Crippen LogP contribution in [0.15, 0.2) is 30.3 Å². The van der Waals surface area contributed by atoms with Crippen molar-refractivity contribution in [2.75, 3.05) is 5.32 Å². The predicted octanol–water partition coefficient (Wildman–Crippen LogP) is 3.40. The number of benzene rings is 1. The standard InChI is InChI=1S/C16H18F2N2O2/c1-10-6-12(7-11(2)15(10)22-16(17)18)8-19-14-5-3-4-13(9-21)20-14/h3-7,16,21H,8-9H2,1-2H3,(H,19,20). The second-order valence-electron chi connectivity index (χ2n) is 4.96. The van der Waals surface area contributed by atoms with Gasteiger partial charge in [0.1, 0.15) is 11.6 Å². The first-order chi connectivity index (χ1) is 10.5. The molecule has 0 aliphatic carbocycles. The van der Waals surface area contributed by atoms with Gasteiger partial charge in [0, 0.05) is 6.54 Å². The monoisotopic (exact) mass is 308 g/mol. The molecule has 0 saturated heterocycles. The Morgan fingerprint density at radius 1 is 1.23 bits per heavy atom. The van der Waals surface area contributed by atoms with Gasteiger partial charge in [-0.1, -0.05) is 18.2 Å². The van der Waals surface area contributed by atoms with Gasteiger partial charge in [0.15, 0.2) is 0 Å². The lowest BCUT2D eigenvalue weighted by molar-refractivity contribution is -0.0507. The molecule has 1 aromatic heterocycles. The van der Waals surface area contributed by atoms with Crippen LogP contribution >= 0.6 is 0 Å². The first kappa shape index (κ1) is 16.2. The van der Waals surface area contributed by atoms with E-state index in [9.17, 15) is 8.78 Å². The Bertz CT molecular complexity index is 625. The summed E-state index contributed by atoms with van der Waals surface area (Å²) in [4.78, 5) is 4.22. The SMILES string of the molecule is Cc1cc(CNc2cccc(CO)n2)cc(C)c1OC(F)F. The number of ether oxygens (including phenoxy) is 1. The fraction of sp³-hybridized carbons (Fsp3) is 0.312. The van der Waals surface area contributed by atoms with Crippen molar-refractivity contribution in [1.29, 1.82) is 0 Å². The molecule has 0 fully saturated rings. The van der Waals surface area contributed by atoms with Crippen LogP contribution < -0.4 is 10.1 Å². The molecule has 118 valence electrons. The molecule has 0 unspecified atom stereocenters. The Balaban J connectivity index is 2.10. The number of pyridine rings is 1. The Kier molecular flexibility index (Phi) is 5.27. The summed E-state index contributed by atoms with van der Waals surface area (Å²) in [7, 11) is 0. The van der Waals surface area contributed by atoms with Gasteiger partial charge in [0.25, 0.3) is 0 Å². The van der Waals surface area contributed by atoms with Crippen LogP contribution in [0, 0.1) is 13.8 Å². The van der Waals surface area contributed by atoms with Gasteiger partial charge in [-0.3, -0.25) is 0 Å². The molecule has 0 aliphatic heterocycles.